The fourth-order valence-corrected chi connectivity index (χ4v) is 2.71. The van der Waals surface area contributed by atoms with E-state index in [9.17, 15) is 0 Å². The van der Waals surface area contributed by atoms with Gasteiger partial charge in [-0.15, -0.1) is 0 Å². The molecule has 2 aliphatic rings. The molecule has 2 nitrogen and oxygen atoms in total. The zero-order chi connectivity index (χ0) is 11.2. The molecule has 0 radical (unpaired) electrons. The molecule has 2 fully saturated rings. The first-order chi connectivity index (χ1) is 7.84. The van der Waals surface area contributed by atoms with Gasteiger partial charge in [-0.2, -0.15) is 0 Å². The Balaban J connectivity index is 1.45. The van der Waals surface area contributed by atoms with E-state index in [1.54, 1.807) is 0 Å². The highest BCUT2D eigenvalue weighted by atomic mass is 15.0. The Morgan fingerprint density at radius 3 is 2.50 bits per heavy atom. The van der Waals surface area contributed by atoms with Crippen LogP contribution in [0.15, 0.2) is 0 Å². The lowest BCUT2D eigenvalue weighted by molar-refractivity contribution is 0.328. The van der Waals surface area contributed by atoms with Crippen molar-refractivity contribution in [1.29, 1.82) is 0 Å². The Bertz CT molecular complexity index is 183. The first-order valence-corrected chi connectivity index (χ1v) is 7.31. The second-order valence-electron chi connectivity index (χ2n) is 5.83. The second kappa shape index (κ2) is 6.61. The van der Waals surface area contributed by atoms with E-state index in [0.29, 0.717) is 6.04 Å². The SMILES string of the molecule is CC(CNC1CC1)NCCC1CCCCC1. The Labute approximate surface area is 101 Å². The van der Waals surface area contributed by atoms with Gasteiger partial charge in [0, 0.05) is 18.6 Å². The molecule has 2 aliphatic carbocycles. The zero-order valence-electron chi connectivity index (χ0n) is 10.8. The van der Waals surface area contributed by atoms with Crippen molar-refractivity contribution < 1.29 is 0 Å². The summed E-state index contributed by atoms with van der Waals surface area (Å²) in [5.74, 6) is 1.02. The maximum Gasteiger partial charge on any atom is 0.0164 e. The normalized spacial score (nSPS) is 24.6. The van der Waals surface area contributed by atoms with Crippen molar-refractivity contribution in [3.05, 3.63) is 0 Å². The molecular weight excluding hydrogens is 196 g/mol. The van der Waals surface area contributed by atoms with E-state index >= 15 is 0 Å². The van der Waals surface area contributed by atoms with E-state index in [4.69, 9.17) is 0 Å². The molecule has 0 spiro atoms. The third-order valence-electron chi connectivity index (χ3n) is 4.06. The van der Waals surface area contributed by atoms with Crippen LogP contribution in [0.1, 0.15) is 58.3 Å². The molecule has 16 heavy (non-hydrogen) atoms. The molecule has 2 rings (SSSR count). The summed E-state index contributed by atoms with van der Waals surface area (Å²) < 4.78 is 0. The summed E-state index contributed by atoms with van der Waals surface area (Å²) in [7, 11) is 0. The topological polar surface area (TPSA) is 24.1 Å². The summed E-state index contributed by atoms with van der Waals surface area (Å²) >= 11 is 0. The van der Waals surface area contributed by atoms with E-state index in [0.717, 1.165) is 18.5 Å². The van der Waals surface area contributed by atoms with Gasteiger partial charge in [-0.25, -0.2) is 0 Å². The smallest absolute Gasteiger partial charge is 0.0164 e. The molecule has 0 aromatic carbocycles. The van der Waals surface area contributed by atoms with Crippen molar-refractivity contribution in [1.82, 2.24) is 10.6 Å². The molecule has 2 heteroatoms. The van der Waals surface area contributed by atoms with Crippen LogP contribution in [0.25, 0.3) is 0 Å². The fourth-order valence-electron chi connectivity index (χ4n) is 2.71. The summed E-state index contributed by atoms with van der Waals surface area (Å²) in [4.78, 5) is 0. The van der Waals surface area contributed by atoms with Crippen LogP contribution in [0, 0.1) is 5.92 Å². The lowest BCUT2D eigenvalue weighted by Gasteiger charge is -2.22. The highest BCUT2D eigenvalue weighted by Crippen LogP contribution is 2.25. The zero-order valence-corrected chi connectivity index (χ0v) is 10.8. The predicted molar refractivity (Wildman–Crippen MR) is 69.7 cm³/mol. The van der Waals surface area contributed by atoms with Crippen LogP contribution in [-0.4, -0.2) is 25.2 Å². The standard InChI is InChI=1S/C14H28N2/c1-12(11-16-14-7-8-14)15-10-9-13-5-3-2-4-6-13/h12-16H,2-11H2,1H3. The van der Waals surface area contributed by atoms with E-state index in [-0.39, 0.29) is 0 Å². The van der Waals surface area contributed by atoms with Crippen LogP contribution in [-0.2, 0) is 0 Å². The lowest BCUT2D eigenvalue weighted by Crippen LogP contribution is -2.38. The molecule has 0 heterocycles. The number of rotatable bonds is 7. The molecule has 0 aromatic rings. The van der Waals surface area contributed by atoms with Crippen molar-refractivity contribution in [2.24, 2.45) is 5.92 Å². The van der Waals surface area contributed by atoms with Gasteiger partial charge in [0.1, 0.15) is 0 Å². The fraction of sp³-hybridized carbons (Fsp3) is 1.00. The number of nitrogens with one attached hydrogen (secondary N) is 2. The van der Waals surface area contributed by atoms with Gasteiger partial charge in [0.25, 0.3) is 0 Å². The minimum absolute atomic E-state index is 0.643. The Morgan fingerprint density at radius 2 is 1.81 bits per heavy atom. The van der Waals surface area contributed by atoms with E-state index in [2.05, 4.69) is 17.6 Å². The monoisotopic (exact) mass is 224 g/mol. The molecule has 0 amide bonds. The van der Waals surface area contributed by atoms with Gasteiger partial charge in [-0.3, -0.25) is 0 Å². The average Bonchev–Trinajstić information content (AvgIpc) is 3.12. The van der Waals surface area contributed by atoms with Gasteiger partial charge >= 0.3 is 0 Å². The molecule has 0 bridgehead atoms. The summed E-state index contributed by atoms with van der Waals surface area (Å²) in [5, 5.41) is 7.23. The van der Waals surface area contributed by atoms with Crippen LogP contribution in [0.3, 0.4) is 0 Å². The van der Waals surface area contributed by atoms with Gasteiger partial charge in [-0.05, 0) is 38.6 Å². The van der Waals surface area contributed by atoms with E-state index < -0.39 is 0 Å². The van der Waals surface area contributed by atoms with Crippen LogP contribution in [0.5, 0.6) is 0 Å². The molecule has 2 N–H and O–H groups in total. The predicted octanol–water partition coefficient (Wildman–Crippen LogP) is 2.69. The first-order valence-electron chi connectivity index (χ1n) is 7.31. The van der Waals surface area contributed by atoms with Gasteiger partial charge in [-0.1, -0.05) is 32.1 Å². The van der Waals surface area contributed by atoms with Gasteiger partial charge in [0.15, 0.2) is 0 Å². The third kappa shape index (κ3) is 4.84. The third-order valence-corrected chi connectivity index (χ3v) is 4.06. The summed E-state index contributed by atoms with van der Waals surface area (Å²) in [6.45, 7) is 4.67. The first kappa shape index (κ1) is 12.4. The molecular formula is C14H28N2. The summed E-state index contributed by atoms with van der Waals surface area (Å²) in [6, 6.07) is 1.49. The minimum atomic E-state index is 0.643. The minimum Gasteiger partial charge on any atom is -0.313 e. The molecule has 2 saturated carbocycles. The number of hydrogen-bond acceptors (Lipinski definition) is 2. The molecule has 94 valence electrons. The molecule has 0 aromatic heterocycles. The lowest BCUT2D eigenvalue weighted by atomic mass is 9.87. The van der Waals surface area contributed by atoms with Crippen molar-refractivity contribution in [2.75, 3.05) is 13.1 Å². The average molecular weight is 224 g/mol. The Kier molecular flexibility index (Phi) is 5.11. The summed E-state index contributed by atoms with van der Waals surface area (Å²) in [6.07, 6.45) is 11.6. The van der Waals surface area contributed by atoms with Crippen molar-refractivity contribution in [3.8, 4) is 0 Å². The van der Waals surface area contributed by atoms with Gasteiger partial charge < -0.3 is 10.6 Å². The van der Waals surface area contributed by atoms with Gasteiger partial charge in [0.2, 0.25) is 0 Å². The van der Waals surface area contributed by atoms with E-state index in [1.807, 2.05) is 0 Å². The van der Waals surface area contributed by atoms with Crippen LogP contribution < -0.4 is 10.6 Å². The molecule has 0 aliphatic heterocycles. The largest absolute Gasteiger partial charge is 0.313 e. The second-order valence-corrected chi connectivity index (χ2v) is 5.83. The molecule has 0 saturated heterocycles. The Morgan fingerprint density at radius 1 is 1.06 bits per heavy atom. The van der Waals surface area contributed by atoms with E-state index in [1.165, 1.54) is 57.9 Å². The van der Waals surface area contributed by atoms with Crippen molar-refractivity contribution >= 4 is 0 Å². The highest BCUT2D eigenvalue weighted by Gasteiger charge is 2.20. The molecule has 1 atom stereocenters. The van der Waals surface area contributed by atoms with Crippen LogP contribution in [0.2, 0.25) is 0 Å². The quantitative estimate of drug-likeness (QED) is 0.695. The maximum absolute atomic E-state index is 3.65. The van der Waals surface area contributed by atoms with Crippen LogP contribution >= 0.6 is 0 Å². The highest BCUT2D eigenvalue weighted by molar-refractivity contribution is 4.82. The maximum atomic E-state index is 3.65. The summed E-state index contributed by atoms with van der Waals surface area (Å²) in [5.41, 5.74) is 0. The molecule has 1 unspecified atom stereocenters. The van der Waals surface area contributed by atoms with Gasteiger partial charge in [0.05, 0.1) is 0 Å². The van der Waals surface area contributed by atoms with Crippen LogP contribution in [0.4, 0.5) is 0 Å². The van der Waals surface area contributed by atoms with Crippen molar-refractivity contribution in [3.63, 3.8) is 0 Å². The van der Waals surface area contributed by atoms with Crippen molar-refractivity contribution in [2.45, 2.75) is 70.4 Å². The number of hydrogen-bond donors (Lipinski definition) is 2. The Hall–Kier alpha value is -0.0800.